The minimum Gasteiger partial charge on any atom is -0.455 e. The van der Waals surface area contributed by atoms with E-state index in [1.165, 1.54) is 36.2 Å². The molecular weight excluding hydrogens is 351 g/mol. The average Bonchev–Trinajstić information content (AvgIpc) is 2.75. The molecule has 0 aliphatic heterocycles. The van der Waals surface area contributed by atoms with Gasteiger partial charge in [-0.3, -0.25) is 0 Å². The van der Waals surface area contributed by atoms with Crippen LogP contribution < -0.4 is 5.19 Å². The molecule has 3 rings (SSSR count). The molecule has 0 aliphatic carbocycles. The van der Waals surface area contributed by atoms with E-state index in [9.17, 15) is 0 Å². The summed E-state index contributed by atoms with van der Waals surface area (Å²) in [4.78, 5) is 0. The lowest BCUT2D eigenvalue weighted by Gasteiger charge is -2.08. The molecule has 0 saturated carbocycles. The lowest BCUT2D eigenvalue weighted by molar-refractivity contribution is 0.668. The van der Waals surface area contributed by atoms with Gasteiger partial charge >= 0.3 is 0 Å². The van der Waals surface area contributed by atoms with Crippen molar-refractivity contribution in [1.29, 1.82) is 0 Å². The van der Waals surface area contributed by atoms with Crippen LogP contribution in [0.3, 0.4) is 0 Å². The number of hydrogen-bond donors (Lipinski definition) is 0. The van der Waals surface area contributed by atoms with Crippen molar-refractivity contribution in [3.63, 3.8) is 0 Å². The van der Waals surface area contributed by atoms with Crippen LogP contribution in [-0.2, 0) is 0 Å². The molecular formula is C15H15IOSi. The van der Waals surface area contributed by atoms with Gasteiger partial charge < -0.3 is 4.42 Å². The fourth-order valence-corrected chi connectivity index (χ4v) is 3.94. The summed E-state index contributed by atoms with van der Waals surface area (Å²) in [5.74, 6) is 0. The van der Waals surface area contributed by atoms with E-state index < -0.39 is 0 Å². The molecule has 1 aromatic heterocycles. The molecule has 0 fully saturated rings. The molecule has 3 heteroatoms. The third kappa shape index (κ3) is 1.50. The summed E-state index contributed by atoms with van der Waals surface area (Å²) in [5.41, 5.74) is 6.23. The maximum Gasteiger partial charge on any atom is 0.149 e. The quantitative estimate of drug-likeness (QED) is 0.440. The Bertz CT molecular complexity index is 786. The van der Waals surface area contributed by atoms with Crippen molar-refractivity contribution in [3.8, 4) is 0 Å². The summed E-state index contributed by atoms with van der Waals surface area (Å²) in [6.45, 7) is 6.59. The first-order chi connectivity index (χ1) is 8.52. The Balaban J connectivity index is 2.67. The van der Waals surface area contributed by atoms with Crippen molar-refractivity contribution < 1.29 is 4.42 Å². The van der Waals surface area contributed by atoms with Gasteiger partial charge in [-0.1, -0.05) is 18.2 Å². The highest BCUT2D eigenvalue weighted by molar-refractivity contribution is 14.1. The summed E-state index contributed by atoms with van der Waals surface area (Å²) >= 11 is 2.41. The zero-order valence-electron chi connectivity index (χ0n) is 11.0. The molecule has 1 heterocycles. The Labute approximate surface area is 123 Å². The van der Waals surface area contributed by atoms with Gasteiger partial charge in [-0.05, 0) is 65.2 Å². The maximum atomic E-state index is 6.16. The van der Waals surface area contributed by atoms with Crippen molar-refractivity contribution in [3.05, 3.63) is 38.5 Å². The minimum atomic E-state index is 1.02. The van der Waals surface area contributed by atoms with E-state index in [-0.39, 0.29) is 0 Å². The monoisotopic (exact) mass is 366 g/mol. The molecule has 0 amide bonds. The Kier molecular flexibility index (Phi) is 2.78. The number of aryl methyl sites for hydroxylation is 1. The van der Waals surface area contributed by atoms with Gasteiger partial charge in [0.25, 0.3) is 0 Å². The molecule has 1 nitrogen and oxygen atoms in total. The Morgan fingerprint density at radius 3 is 2.44 bits per heavy atom. The molecule has 0 spiro atoms. The molecule has 18 heavy (non-hydrogen) atoms. The van der Waals surface area contributed by atoms with Crippen LogP contribution in [0.25, 0.3) is 21.9 Å². The highest BCUT2D eigenvalue weighted by atomic mass is 127. The fraction of sp³-hybridized carbons (Fsp3) is 0.200. The summed E-state index contributed by atoms with van der Waals surface area (Å²) in [6, 6.07) is 6.49. The summed E-state index contributed by atoms with van der Waals surface area (Å²) in [7, 11) is 1.02. The zero-order chi connectivity index (χ0) is 13.0. The van der Waals surface area contributed by atoms with E-state index in [1.807, 2.05) is 0 Å². The number of para-hydroxylation sites is 1. The second-order valence-corrected chi connectivity index (χ2v) is 7.10. The average molecular weight is 366 g/mol. The molecule has 0 aliphatic rings. The number of fused-ring (bicyclic) bond motifs is 3. The van der Waals surface area contributed by atoms with E-state index in [0.29, 0.717) is 0 Å². The van der Waals surface area contributed by atoms with E-state index in [0.717, 1.165) is 21.4 Å². The van der Waals surface area contributed by atoms with E-state index in [1.54, 1.807) is 0 Å². The summed E-state index contributed by atoms with van der Waals surface area (Å²) in [6.07, 6.45) is 0. The van der Waals surface area contributed by atoms with E-state index in [2.05, 4.69) is 61.6 Å². The van der Waals surface area contributed by atoms with E-state index >= 15 is 0 Å². The predicted molar refractivity (Wildman–Crippen MR) is 90.2 cm³/mol. The third-order valence-electron chi connectivity index (χ3n) is 3.94. The minimum absolute atomic E-state index is 1.02. The Morgan fingerprint density at radius 1 is 1.00 bits per heavy atom. The summed E-state index contributed by atoms with van der Waals surface area (Å²) < 4.78 is 7.41. The van der Waals surface area contributed by atoms with Crippen LogP contribution in [0.15, 0.2) is 22.6 Å². The first-order valence-corrected chi connectivity index (χ1v) is 8.17. The molecule has 0 atom stereocenters. The van der Waals surface area contributed by atoms with Gasteiger partial charge in [0.1, 0.15) is 11.2 Å². The highest BCUT2D eigenvalue weighted by Gasteiger charge is 2.17. The molecule has 0 unspecified atom stereocenters. The first kappa shape index (κ1) is 12.2. The molecule has 0 bridgehead atoms. The number of hydrogen-bond acceptors (Lipinski definition) is 1. The van der Waals surface area contributed by atoms with Crippen LogP contribution in [0, 0.1) is 24.3 Å². The van der Waals surface area contributed by atoms with Crippen molar-refractivity contribution in [2.24, 2.45) is 0 Å². The molecule has 0 saturated heterocycles. The highest BCUT2D eigenvalue weighted by Crippen LogP contribution is 2.36. The largest absolute Gasteiger partial charge is 0.455 e. The lowest BCUT2D eigenvalue weighted by Crippen LogP contribution is -2.00. The standard InChI is InChI=1S/C15H15IOSi/c1-7-8(2)12-10-5-4-6-11(18)14(10)17-15(12)13(16)9(7)3/h4-6H,1-3,18H3. The SMILES string of the molecule is Cc1c(C)c(C)c2c(oc3c([SiH3])cccc32)c1I. The molecule has 0 radical (unpaired) electrons. The number of halogens is 1. The molecule has 92 valence electrons. The van der Waals surface area contributed by atoms with Gasteiger partial charge in [0.2, 0.25) is 0 Å². The van der Waals surface area contributed by atoms with Gasteiger partial charge in [-0.2, -0.15) is 0 Å². The second kappa shape index (κ2) is 4.10. The third-order valence-corrected chi connectivity index (χ3v) is 6.03. The van der Waals surface area contributed by atoms with Crippen LogP contribution in [0.5, 0.6) is 0 Å². The van der Waals surface area contributed by atoms with Crippen molar-refractivity contribution in [2.45, 2.75) is 20.8 Å². The Morgan fingerprint density at radius 2 is 1.72 bits per heavy atom. The van der Waals surface area contributed by atoms with Crippen molar-refractivity contribution in [1.82, 2.24) is 0 Å². The molecule has 2 aromatic carbocycles. The maximum absolute atomic E-state index is 6.16. The summed E-state index contributed by atoms with van der Waals surface area (Å²) in [5, 5.41) is 3.92. The van der Waals surface area contributed by atoms with Crippen LogP contribution in [0.1, 0.15) is 16.7 Å². The van der Waals surface area contributed by atoms with Crippen molar-refractivity contribution >= 4 is 60.0 Å². The number of furan rings is 1. The van der Waals surface area contributed by atoms with E-state index in [4.69, 9.17) is 4.42 Å². The van der Waals surface area contributed by atoms with Gasteiger partial charge in [-0.25, -0.2) is 0 Å². The molecule has 0 N–H and O–H groups in total. The lowest BCUT2D eigenvalue weighted by atomic mass is 9.99. The number of rotatable bonds is 0. The predicted octanol–water partition coefficient (Wildman–Crippen LogP) is 3.11. The first-order valence-electron chi connectivity index (χ1n) is 6.09. The Hall–Kier alpha value is -0.813. The smallest absolute Gasteiger partial charge is 0.149 e. The normalized spacial score (nSPS) is 11.8. The van der Waals surface area contributed by atoms with Crippen LogP contribution in [-0.4, -0.2) is 10.2 Å². The zero-order valence-corrected chi connectivity index (χ0v) is 15.2. The van der Waals surface area contributed by atoms with Gasteiger partial charge in [0, 0.05) is 21.0 Å². The van der Waals surface area contributed by atoms with Crippen molar-refractivity contribution in [2.75, 3.05) is 0 Å². The van der Waals surface area contributed by atoms with Gasteiger partial charge in [-0.15, -0.1) is 0 Å². The van der Waals surface area contributed by atoms with Crippen LogP contribution in [0.4, 0.5) is 0 Å². The second-order valence-electron chi connectivity index (χ2n) is 4.95. The topological polar surface area (TPSA) is 13.1 Å². The van der Waals surface area contributed by atoms with Crippen LogP contribution >= 0.6 is 22.6 Å². The fourth-order valence-electron chi connectivity index (χ4n) is 2.59. The van der Waals surface area contributed by atoms with Gasteiger partial charge in [0.05, 0.1) is 3.57 Å². The van der Waals surface area contributed by atoms with Gasteiger partial charge in [0.15, 0.2) is 0 Å². The molecule has 3 aromatic rings. The number of benzene rings is 2. The van der Waals surface area contributed by atoms with Crippen LogP contribution in [0.2, 0.25) is 0 Å².